The lowest BCUT2D eigenvalue weighted by atomic mass is 9.99. The van der Waals surface area contributed by atoms with Crippen molar-refractivity contribution in [3.63, 3.8) is 0 Å². The van der Waals surface area contributed by atoms with E-state index >= 15 is 0 Å². The number of amides is 1. The molecule has 0 saturated heterocycles. The van der Waals surface area contributed by atoms with Gasteiger partial charge in [0.05, 0.1) is 12.0 Å². The minimum absolute atomic E-state index is 0.160. The van der Waals surface area contributed by atoms with Gasteiger partial charge in [0.1, 0.15) is 5.69 Å². The standard InChI is InChI=1S/C17H16F3N3O5S/c1-23-7-6-9-10(16(23)24)4-3-5-13(9)29(25,26)22-12-8-11(18)14(28-17(19)20)21-15(12)27-2/h3-5,8,17,22H,6-7H2,1-2H3. The summed E-state index contributed by atoms with van der Waals surface area (Å²) in [5.74, 6) is -3.13. The van der Waals surface area contributed by atoms with Crippen molar-refractivity contribution in [3.8, 4) is 11.8 Å². The van der Waals surface area contributed by atoms with Crippen molar-refractivity contribution >= 4 is 21.6 Å². The molecular formula is C17H16F3N3O5S. The Morgan fingerprint density at radius 1 is 1.28 bits per heavy atom. The summed E-state index contributed by atoms with van der Waals surface area (Å²) in [4.78, 5) is 17.0. The van der Waals surface area contributed by atoms with E-state index < -0.39 is 39.9 Å². The van der Waals surface area contributed by atoms with Gasteiger partial charge < -0.3 is 14.4 Å². The Balaban J connectivity index is 2.01. The summed E-state index contributed by atoms with van der Waals surface area (Å²) in [5, 5.41) is 0. The molecule has 156 valence electrons. The van der Waals surface area contributed by atoms with Gasteiger partial charge in [-0.2, -0.15) is 13.8 Å². The van der Waals surface area contributed by atoms with Crippen LogP contribution < -0.4 is 14.2 Å². The zero-order valence-electron chi connectivity index (χ0n) is 15.3. The maximum Gasteiger partial charge on any atom is 0.388 e. The summed E-state index contributed by atoms with van der Waals surface area (Å²) in [7, 11) is -1.57. The quantitative estimate of drug-likeness (QED) is 0.754. The van der Waals surface area contributed by atoms with E-state index in [9.17, 15) is 26.4 Å². The van der Waals surface area contributed by atoms with Gasteiger partial charge in [0, 0.05) is 25.2 Å². The van der Waals surface area contributed by atoms with Gasteiger partial charge in [0.15, 0.2) is 5.82 Å². The smallest absolute Gasteiger partial charge is 0.388 e. The molecule has 0 saturated carbocycles. The highest BCUT2D eigenvalue weighted by Crippen LogP contribution is 2.32. The van der Waals surface area contributed by atoms with Crippen LogP contribution in [0, 0.1) is 5.82 Å². The summed E-state index contributed by atoms with van der Waals surface area (Å²) in [5.41, 5.74) is 0.162. The van der Waals surface area contributed by atoms with E-state index in [2.05, 4.69) is 14.4 Å². The molecule has 1 aliphatic heterocycles. The maximum atomic E-state index is 14.0. The van der Waals surface area contributed by atoms with E-state index in [1.165, 1.54) is 23.1 Å². The first-order valence-electron chi connectivity index (χ1n) is 8.23. The van der Waals surface area contributed by atoms with Crippen LogP contribution in [0.3, 0.4) is 0 Å². The van der Waals surface area contributed by atoms with Crippen LogP contribution in [0.5, 0.6) is 11.8 Å². The number of fused-ring (bicyclic) bond motifs is 1. The summed E-state index contributed by atoms with van der Waals surface area (Å²) in [6, 6.07) is 4.87. The molecule has 0 unspecified atom stereocenters. The topological polar surface area (TPSA) is 97.8 Å². The number of ether oxygens (including phenoxy) is 2. The number of halogens is 3. The first kappa shape index (κ1) is 20.7. The van der Waals surface area contributed by atoms with Crippen LogP contribution in [0.15, 0.2) is 29.2 Å². The lowest BCUT2D eigenvalue weighted by Crippen LogP contribution is -2.35. The Hall–Kier alpha value is -3.02. The molecule has 0 spiro atoms. The molecule has 0 aliphatic carbocycles. The molecule has 2 aromatic rings. The van der Waals surface area contributed by atoms with E-state index in [1.807, 2.05) is 0 Å². The number of hydrogen-bond acceptors (Lipinski definition) is 6. The molecule has 0 radical (unpaired) electrons. The van der Waals surface area contributed by atoms with Crippen LogP contribution >= 0.6 is 0 Å². The first-order valence-corrected chi connectivity index (χ1v) is 9.72. The van der Waals surface area contributed by atoms with E-state index in [0.717, 1.165) is 7.11 Å². The van der Waals surface area contributed by atoms with Crippen molar-refractivity contribution in [3.05, 3.63) is 41.2 Å². The fourth-order valence-electron chi connectivity index (χ4n) is 2.91. The molecule has 1 amide bonds. The van der Waals surface area contributed by atoms with Gasteiger partial charge >= 0.3 is 6.61 Å². The van der Waals surface area contributed by atoms with Gasteiger partial charge in [-0.25, -0.2) is 12.8 Å². The molecular weight excluding hydrogens is 415 g/mol. The zero-order valence-corrected chi connectivity index (χ0v) is 16.1. The number of alkyl halides is 2. The molecule has 0 atom stereocenters. The lowest BCUT2D eigenvalue weighted by Gasteiger charge is -2.26. The number of pyridine rings is 1. The van der Waals surface area contributed by atoms with Crippen LogP contribution in [-0.4, -0.2) is 51.5 Å². The second kappa shape index (κ2) is 7.78. The van der Waals surface area contributed by atoms with Crippen molar-refractivity contribution in [2.24, 2.45) is 0 Å². The number of anilines is 1. The third kappa shape index (κ3) is 4.06. The Morgan fingerprint density at radius 2 is 2.00 bits per heavy atom. The van der Waals surface area contributed by atoms with Crippen LogP contribution in [0.25, 0.3) is 0 Å². The van der Waals surface area contributed by atoms with E-state index in [0.29, 0.717) is 24.6 Å². The second-order valence-corrected chi connectivity index (χ2v) is 7.73. The monoisotopic (exact) mass is 431 g/mol. The number of likely N-dealkylation sites (N-methyl/N-ethyl adjacent to an activating group) is 1. The number of carbonyl (C=O) groups excluding carboxylic acids is 1. The first-order chi connectivity index (χ1) is 13.6. The van der Waals surface area contributed by atoms with E-state index in [-0.39, 0.29) is 16.4 Å². The average molecular weight is 431 g/mol. The van der Waals surface area contributed by atoms with E-state index in [4.69, 9.17) is 4.74 Å². The molecule has 12 heteroatoms. The normalized spacial score (nSPS) is 14.0. The Kier molecular flexibility index (Phi) is 5.55. The Bertz CT molecular complexity index is 1060. The number of sulfonamides is 1. The van der Waals surface area contributed by atoms with Crippen molar-refractivity contribution in [1.82, 2.24) is 9.88 Å². The molecule has 0 bridgehead atoms. The maximum absolute atomic E-state index is 14.0. The number of nitrogens with one attached hydrogen (secondary N) is 1. The summed E-state index contributed by atoms with van der Waals surface area (Å²) in [6.07, 6.45) is 0.305. The van der Waals surface area contributed by atoms with Crippen molar-refractivity contribution in [2.75, 3.05) is 25.4 Å². The molecule has 8 nitrogen and oxygen atoms in total. The number of carbonyl (C=O) groups is 1. The van der Waals surface area contributed by atoms with E-state index in [1.54, 1.807) is 7.05 Å². The predicted octanol–water partition coefficient (Wildman–Crippen LogP) is 2.26. The molecule has 0 fully saturated rings. The van der Waals surface area contributed by atoms with Crippen LogP contribution in [0.4, 0.5) is 18.9 Å². The SMILES string of the molecule is COc1nc(OC(F)F)c(F)cc1NS(=O)(=O)c1cccc2c1CCN(C)C2=O. The fourth-order valence-corrected chi connectivity index (χ4v) is 4.25. The summed E-state index contributed by atoms with van der Waals surface area (Å²) < 4.78 is 75.4. The van der Waals surface area contributed by atoms with Gasteiger partial charge in [-0.15, -0.1) is 0 Å². The van der Waals surface area contributed by atoms with Crippen LogP contribution in [-0.2, 0) is 16.4 Å². The number of benzene rings is 1. The predicted molar refractivity (Wildman–Crippen MR) is 95.3 cm³/mol. The highest BCUT2D eigenvalue weighted by molar-refractivity contribution is 7.92. The lowest BCUT2D eigenvalue weighted by molar-refractivity contribution is -0.0555. The Morgan fingerprint density at radius 3 is 2.66 bits per heavy atom. The minimum Gasteiger partial charge on any atom is -0.479 e. The fraction of sp³-hybridized carbons (Fsp3) is 0.294. The summed E-state index contributed by atoms with van der Waals surface area (Å²) >= 11 is 0. The molecule has 29 heavy (non-hydrogen) atoms. The molecule has 2 heterocycles. The highest BCUT2D eigenvalue weighted by atomic mass is 32.2. The van der Waals surface area contributed by atoms with Crippen molar-refractivity contribution < 1.29 is 35.9 Å². The van der Waals surface area contributed by atoms with Crippen LogP contribution in [0.1, 0.15) is 15.9 Å². The van der Waals surface area contributed by atoms with Gasteiger partial charge in [0.25, 0.3) is 21.8 Å². The molecule has 1 N–H and O–H groups in total. The van der Waals surface area contributed by atoms with Gasteiger partial charge in [-0.1, -0.05) is 6.07 Å². The van der Waals surface area contributed by atoms with Gasteiger partial charge in [-0.3, -0.25) is 9.52 Å². The number of methoxy groups -OCH3 is 1. The molecule has 1 aromatic heterocycles. The highest BCUT2D eigenvalue weighted by Gasteiger charge is 2.29. The third-order valence-corrected chi connectivity index (χ3v) is 5.69. The number of hydrogen-bond donors (Lipinski definition) is 1. The molecule has 1 aliphatic rings. The third-order valence-electron chi connectivity index (χ3n) is 4.24. The largest absolute Gasteiger partial charge is 0.479 e. The van der Waals surface area contributed by atoms with Crippen molar-refractivity contribution in [1.29, 1.82) is 0 Å². The number of nitrogens with zero attached hydrogens (tertiary/aromatic N) is 2. The van der Waals surface area contributed by atoms with Gasteiger partial charge in [-0.05, 0) is 24.1 Å². The summed E-state index contributed by atoms with van der Waals surface area (Å²) in [6.45, 7) is -2.99. The number of aromatic nitrogens is 1. The van der Waals surface area contributed by atoms with Crippen molar-refractivity contribution in [2.45, 2.75) is 17.9 Å². The minimum atomic E-state index is -4.28. The molecule has 1 aromatic carbocycles. The van der Waals surface area contributed by atoms with Gasteiger partial charge in [0.2, 0.25) is 5.88 Å². The number of rotatable bonds is 6. The van der Waals surface area contributed by atoms with Crippen LogP contribution in [0.2, 0.25) is 0 Å². The molecule has 3 rings (SSSR count). The Labute approximate surface area is 164 Å². The zero-order chi connectivity index (χ0) is 21.3. The second-order valence-electron chi connectivity index (χ2n) is 6.08. The average Bonchev–Trinajstić information content (AvgIpc) is 2.66.